The summed E-state index contributed by atoms with van der Waals surface area (Å²) in [5, 5.41) is 0. The van der Waals surface area contributed by atoms with Crippen LogP contribution < -0.4 is 4.74 Å². The summed E-state index contributed by atoms with van der Waals surface area (Å²) in [7, 11) is 0. The maximum atomic E-state index is 11.7. The molecule has 0 fully saturated rings. The van der Waals surface area contributed by atoms with Crippen LogP contribution in [0, 0.1) is 6.92 Å². The van der Waals surface area contributed by atoms with E-state index in [2.05, 4.69) is 31.2 Å². The van der Waals surface area contributed by atoms with Gasteiger partial charge in [-0.15, -0.1) is 0 Å². The van der Waals surface area contributed by atoms with Crippen LogP contribution in [0.3, 0.4) is 0 Å². The normalized spacial score (nSPS) is 10.4. The van der Waals surface area contributed by atoms with Crippen LogP contribution in [0.2, 0.25) is 0 Å². The van der Waals surface area contributed by atoms with Crippen molar-refractivity contribution >= 4 is 5.78 Å². The zero-order valence-corrected chi connectivity index (χ0v) is 14.0. The summed E-state index contributed by atoms with van der Waals surface area (Å²) < 4.78 is 6.05. The van der Waals surface area contributed by atoms with E-state index in [0.717, 1.165) is 22.4 Å². The summed E-state index contributed by atoms with van der Waals surface area (Å²) in [5.41, 5.74) is 5.05. The van der Waals surface area contributed by atoms with E-state index in [4.69, 9.17) is 4.74 Å². The molecule has 0 amide bonds. The molecular formula is C22H20O2. The van der Waals surface area contributed by atoms with Crippen LogP contribution in [0.15, 0.2) is 72.8 Å². The van der Waals surface area contributed by atoms with Crippen LogP contribution in [-0.2, 0) is 6.61 Å². The Morgan fingerprint density at radius 3 is 2.29 bits per heavy atom. The minimum absolute atomic E-state index is 0.0371. The van der Waals surface area contributed by atoms with Gasteiger partial charge >= 0.3 is 0 Å². The first-order valence-corrected chi connectivity index (χ1v) is 8.02. The number of ether oxygens (including phenoxy) is 1. The number of rotatable bonds is 5. The summed E-state index contributed by atoms with van der Waals surface area (Å²) in [6.45, 7) is 4.11. The number of hydrogen-bond donors (Lipinski definition) is 0. The van der Waals surface area contributed by atoms with Gasteiger partial charge in [0.2, 0.25) is 0 Å². The Hall–Kier alpha value is -2.87. The van der Waals surface area contributed by atoms with Gasteiger partial charge < -0.3 is 4.74 Å². The van der Waals surface area contributed by atoms with Crippen molar-refractivity contribution in [2.45, 2.75) is 20.5 Å². The maximum absolute atomic E-state index is 11.7. The van der Waals surface area contributed by atoms with Crippen LogP contribution in [0.25, 0.3) is 11.1 Å². The van der Waals surface area contributed by atoms with Gasteiger partial charge in [0.15, 0.2) is 5.78 Å². The molecule has 2 heteroatoms. The first-order valence-electron chi connectivity index (χ1n) is 8.02. The van der Waals surface area contributed by atoms with E-state index in [1.807, 2.05) is 48.5 Å². The van der Waals surface area contributed by atoms with Crippen molar-refractivity contribution in [1.82, 2.24) is 0 Å². The molecule has 0 saturated carbocycles. The van der Waals surface area contributed by atoms with Crippen molar-refractivity contribution in [3.63, 3.8) is 0 Å². The molecule has 0 aromatic heterocycles. The smallest absolute Gasteiger partial charge is 0.159 e. The molecule has 0 bridgehead atoms. The number of carbonyl (C=O) groups excluding carboxylic acids is 1. The number of hydrogen-bond acceptors (Lipinski definition) is 2. The first kappa shape index (κ1) is 16.0. The third-order valence-electron chi connectivity index (χ3n) is 3.99. The fraction of sp³-hybridized carbons (Fsp3) is 0.136. The average Bonchev–Trinajstić information content (AvgIpc) is 2.61. The molecule has 0 saturated heterocycles. The lowest BCUT2D eigenvalue weighted by Crippen LogP contribution is -1.99. The molecule has 0 aliphatic carbocycles. The number of benzene rings is 3. The van der Waals surface area contributed by atoms with Gasteiger partial charge in [-0.2, -0.15) is 0 Å². The van der Waals surface area contributed by atoms with Crippen molar-refractivity contribution in [3.8, 4) is 16.9 Å². The highest BCUT2D eigenvalue weighted by atomic mass is 16.5. The lowest BCUT2D eigenvalue weighted by atomic mass is 10.0. The van der Waals surface area contributed by atoms with E-state index in [0.29, 0.717) is 12.2 Å². The molecule has 3 aromatic carbocycles. The molecule has 0 unspecified atom stereocenters. The molecule has 2 nitrogen and oxygen atoms in total. The van der Waals surface area contributed by atoms with Crippen LogP contribution in [-0.4, -0.2) is 5.78 Å². The Bertz CT molecular complexity index is 834. The molecule has 0 aliphatic rings. The fourth-order valence-electron chi connectivity index (χ4n) is 2.57. The topological polar surface area (TPSA) is 26.3 Å². The second-order valence-electron chi connectivity index (χ2n) is 5.91. The zero-order valence-electron chi connectivity index (χ0n) is 14.0. The Kier molecular flexibility index (Phi) is 4.76. The number of carbonyl (C=O) groups is 1. The predicted octanol–water partition coefficient (Wildman–Crippen LogP) is 5.44. The standard InChI is InChI=1S/C22H20O2/c1-16-8-10-19(11-9-16)21-13-12-20(17(2)23)14-22(21)24-15-18-6-4-3-5-7-18/h3-14H,15H2,1-2H3. The van der Waals surface area contributed by atoms with Crippen molar-refractivity contribution in [2.24, 2.45) is 0 Å². The highest BCUT2D eigenvalue weighted by molar-refractivity contribution is 5.95. The molecule has 0 radical (unpaired) electrons. The highest BCUT2D eigenvalue weighted by Gasteiger charge is 2.10. The van der Waals surface area contributed by atoms with E-state index in [1.165, 1.54) is 5.56 Å². The second kappa shape index (κ2) is 7.14. The highest BCUT2D eigenvalue weighted by Crippen LogP contribution is 2.32. The van der Waals surface area contributed by atoms with Gasteiger partial charge in [0, 0.05) is 11.1 Å². The summed E-state index contributed by atoms with van der Waals surface area (Å²) in [6.07, 6.45) is 0. The first-order chi connectivity index (χ1) is 11.6. The number of aryl methyl sites for hydroxylation is 1. The van der Waals surface area contributed by atoms with Crippen molar-refractivity contribution in [3.05, 3.63) is 89.5 Å². The largest absolute Gasteiger partial charge is 0.488 e. The van der Waals surface area contributed by atoms with Crippen molar-refractivity contribution in [1.29, 1.82) is 0 Å². The quantitative estimate of drug-likeness (QED) is 0.586. The molecule has 0 N–H and O–H groups in total. The lowest BCUT2D eigenvalue weighted by Gasteiger charge is -2.13. The Morgan fingerprint density at radius 2 is 1.62 bits per heavy atom. The summed E-state index contributed by atoms with van der Waals surface area (Å²) in [5.74, 6) is 0.769. The molecule has 120 valence electrons. The predicted molar refractivity (Wildman–Crippen MR) is 97.4 cm³/mol. The van der Waals surface area contributed by atoms with Crippen LogP contribution in [0.4, 0.5) is 0 Å². The zero-order chi connectivity index (χ0) is 16.9. The Labute approximate surface area is 142 Å². The molecule has 3 rings (SSSR count). The van der Waals surface area contributed by atoms with Crippen molar-refractivity contribution < 1.29 is 9.53 Å². The number of ketones is 1. The van der Waals surface area contributed by atoms with Crippen LogP contribution in [0.5, 0.6) is 5.75 Å². The van der Waals surface area contributed by atoms with E-state index in [-0.39, 0.29) is 5.78 Å². The van der Waals surface area contributed by atoms with Gasteiger partial charge in [0.1, 0.15) is 12.4 Å². The van der Waals surface area contributed by atoms with Gasteiger partial charge in [-0.1, -0.05) is 66.2 Å². The van der Waals surface area contributed by atoms with Crippen LogP contribution >= 0.6 is 0 Å². The van der Waals surface area contributed by atoms with Gasteiger partial charge in [-0.3, -0.25) is 4.79 Å². The second-order valence-corrected chi connectivity index (χ2v) is 5.91. The molecule has 3 aromatic rings. The van der Waals surface area contributed by atoms with E-state index in [1.54, 1.807) is 6.92 Å². The maximum Gasteiger partial charge on any atom is 0.159 e. The summed E-state index contributed by atoms with van der Waals surface area (Å²) in [6, 6.07) is 24.0. The monoisotopic (exact) mass is 316 g/mol. The molecule has 0 heterocycles. The molecule has 0 aliphatic heterocycles. The third kappa shape index (κ3) is 3.72. The van der Waals surface area contributed by atoms with Gasteiger partial charge in [-0.05, 0) is 37.1 Å². The van der Waals surface area contributed by atoms with E-state index < -0.39 is 0 Å². The van der Waals surface area contributed by atoms with E-state index >= 15 is 0 Å². The van der Waals surface area contributed by atoms with Gasteiger partial charge in [0.25, 0.3) is 0 Å². The summed E-state index contributed by atoms with van der Waals surface area (Å²) in [4.78, 5) is 11.7. The minimum atomic E-state index is 0.0371. The summed E-state index contributed by atoms with van der Waals surface area (Å²) >= 11 is 0. The van der Waals surface area contributed by atoms with Crippen molar-refractivity contribution in [2.75, 3.05) is 0 Å². The Balaban J connectivity index is 1.95. The fourth-order valence-corrected chi connectivity index (χ4v) is 2.57. The molecule has 0 spiro atoms. The van der Waals surface area contributed by atoms with E-state index in [9.17, 15) is 4.79 Å². The van der Waals surface area contributed by atoms with Crippen LogP contribution in [0.1, 0.15) is 28.4 Å². The minimum Gasteiger partial charge on any atom is -0.488 e. The average molecular weight is 316 g/mol. The number of Topliss-reactive ketones (excluding diaryl/α,β-unsaturated/α-hetero) is 1. The third-order valence-corrected chi connectivity index (χ3v) is 3.99. The molecular weight excluding hydrogens is 296 g/mol. The molecule has 24 heavy (non-hydrogen) atoms. The lowest BCUT2D eigenvalue weighted by molar-refractivity contribution is 0.101. The molecule has 0 atom stereocenters. The Morgan fingerprint density at radius 1 is 0.917 bits per heavy atom. The van der Waals surface area contributed by atoms with Gasteiger partial charge in [-0.25, -0.2) is 0 Å². The van der Waals surface area contributed by atoms with Gasteiger partial charge in [0.05, 0.1) is 0 Å². The SMILES string of the molecule is CC(=O)c1ccc(-c2ccc(C)cc2)c(OCc2ccccc2)c1.